The van der Waals surface area contributed by atoms with E-state index in [0.29, 0.717) is 10.8 Å². The third kappa shape index (κ3) is 3.63. The number of hydrogen-bond donors (Lipinski definition) is 1. The molecule has 0 amide bonds. The molecule has 0 saturated heterocycles. The Balaban J connectivity index is 1.88. The second kappa shape index (κ2) is 6.71. The Bertz CT molecular complexity index is 839. The van der Waals surface area contributed by atoms with Gasteiger partial charge in [-0.1, -0.05) is 60.1 Å². The molecule has 0 spiro atoms. The molecule has 0 heterocycles. The molecule has 0 fully saturated rings. The van der Waals surface area contributed by atoms with Crippen molar-refractivity contribution in [3.05, 3.63) is 77.3 Å². The van der Waals surface area contributed by atoms with Gasteiger partial charge in [0.15, 0.2) is 6.10 Å². The molecule has 4 heteroatoms. The van der Waals surface area contributed by atoms with Gasteiger partial charge in [-0.15, -0.1) is 0 Å². The molecular formula is C19H15ClO3. The first-order valence-electron chi connectivity index (χ1n) is 7.25. The van der Waals surface area contributed by atoms with E-state index in [1.807, 2.05) is 42.5 Å². The van der Waals surface area contributed by atoms with Crippen molar-refractivity contribution in [2.45, 2.75) is 12.5 Å². The lowest BCUT2D eigenvalue weighted by Crippen LogP contribution is -2.29. The number of carboxylic acid groups (broad SMARTS) is 1. The minimum absolute atomic E-state index is 0.281. The fraction of sp³-hybridized carbons (Fsp3) is 0.105. The number of carbonyl (C=O) groups is 1. The number of hydrogen-bond acceptors (Lipinski definition) is 2. The summed E-state index contributed by atoms with van der Waals surface area (Å²) < 4.78 is 5.63. The van der Waals surface area contributed by atoms with Gasteiger partial charge in [-0.2, -0.15) is 0 Å². The highest BCUT2D eigenvalue weighted by Crippen LogP contribution is 2.23. The topological polar surface area (TPSA) is 46.5 Å². The Morgan fingerprint density at radius 1 is 1.04 bits per heavy atom. The van der Waals surface area contributed by atoms with E-state index in [1.54, 1.807) is 24.3 Å². The van der Waals surface area contributed by atoms with Crippen molar-refractivity contribution in [2.75, 3.05) is 0 Å². The summed E-state index contributed by atoms with van der Waals surface area (Å²) in [7, 11) is 0. The summed E-state index contributed by atoms with van der Waals surface area (Å²) in [6.45, 7) is 0. The molecule has 3 rings (SSSR count). The van der Waals surface area contributed by atoms with Gasteiger partial charge < -0.3 is 9.84 Å². The molecule has 3 aromatic carbocycles. The summed E-state index contributed by atoms with van der Waals surface area (Å²) in [6.07, 6.45) is -0.692. The summed E-state index contributed by atoms with van der Waals surface area (Å²) in [5.74, 6) is -0.553. The van der Waals surface area contributed by atoms with Crippen LogP contribution in [0.1, 0.15) is 5.56 Å². The Morgan fingerprint density at radius 2 is 1.78 bits per heavy atom. The third-order valence-electron chi connectivity index (χ3n) is 3.64. The highest BCUT2D eigenvalue weighted by molar-refractivity contribution is 6.30. The average Bonchev–Trinajstić information content (AvgIpc) is 2.54. The lowest BCUT2D eigenvalue weighted by Gasteiger charge is -2.16. The predicted molar refractivity (Wildman–Crippen MR) is 91.2 cm³/mol. The monoisotopic (exact) mass is 326 g/mol. The number of carboxylic acids is 1. The van der Waals surface area contributed by atoms with E-state index in [2.05, 4.69) is 0 Å². The molecule has 116 valence electrons. The summed E-state index contributed by atoms with van der Waals surface area (Å²) in [5.41, 5.74) is 0.942. The van der Waals surface area contributed by atoms with Gasteiger partial charge >= 0.3 is 5.97 Å². The van der Waals surface area contributed by atoms with Crippen molar-refractivity contribution in [3.8, 4) is 5.75 Å². The van der Waals surface area contributed by atoms with Crippen LogP contribution in [0.15, 0.2) is 66.7 Å². The number of aliphatic carboxylic acids is 1. The van der Waals surface area contributed by atoms with E-state index in [0.717, 1.165) is 16.3 Å². The van der Waals surface area contributed by atoms with E-state index in [1.165, 1.54) is 0 Å². The third-order valence-corrected chi connectivity index (χ3v) is 3.87. The molecule has 0 radical (unpaired) electrons. The van der Waals surface area contributed by atoms with Crippen LogP contribution >= 0.6 is 11.6 Å². The quantitative estimate of drug-likeness (QED) is 0.747. The molecule has 3 nitrogen and oxygen atoms in total. The van der Waals surface area contributed by atoms with Gasteiger partial charge in [0.05, 0.1) is 0 Å². The first-order valence-corrected chi connectivity index (χ1v) is 7.63. The Morgan fingerprint density at radius 3 is 2.57 bits per heavy atom. The Hall–Kier alpha value is -2.52. The van der Waals surface area contributed by atoms with Crippen molar-refractivity contribution in [2.24, 2.45) is 0 Å². The van der Waals surface area contributed by atoms with Crippen molar-refractivity contribution < 1.29 is 14.6 Å². The number of ether oxygens (including phenoxy) is 1. The second-order valence-corrected chi connectivity index (χ2v) is 5.68. The second-order valence-electron chi connectivity index (χ2n) is 5.24. The SMILES string of the molecule is O=C(O)[C@@H](Cc1cccc2ccccc12)Oc1cccc(Cl)c1. The van der Waals surface area contributed by atoms with Gasteiger partial charge in [0, 0.05) is 11.4 Å². The number of halogens is 1. The minimum Gasteiger partial charge on any atom is -0.478 e. The summed E-state index contributed by atoms with van der Waals surface area (Å²) >= 11 is 5.92. The van der Waals surface area contributed by atoms with Gasteiger partial charge in [0.1, 0.15) is 5.75 Å². The van der Waals surface area contributed by atoms with Gasteiger partial charge in [-0.3, -0.25) is 0 Å². The van der Waals surface area contributed by atoms with Crippen LogP contribution < -0.4 is 4.74 Å². The van der Waals surface area contributed by atoms with Gasteiger partial charge in [0.25, 0.3) is 0 Å². The van der Waals surface area contributed by atoms with E-state index in [4.69, 9.17) is 16.3 Å². The number of rotatable bonds is 5. The zero-order valence-electron chi connectivity index (χ0n) is 12.3. The van der Waals surface area contributed by atoms with Crippen LogP contribution in [0, 0.1) is 0 Å². The van der Waals surface area contributed by atoms with Crippen LogP contribution in [-0.4, -0.2) is 17.2 Å². The first kappa shape index (κ1) is 15.4. The molecule has 1 atom stereocenters. The fourth-order valence-corrected chi connectivity index (χ4v) is 2.73. The lowest BCUT2D eigenvalue weighted by molar-refractivity contribution is -0.145. The molecule has 0 aliphatic heterocycles. The predicted octanol–water partition coefficient (Wildman–Crippen LogP) is 4.57. The smallest absolute Gasteiger partial charge is 0.345 e. The highest BCUT2D eigenvalue weighted by Gasteiger charge is 2.21. The molecule has 23 heavy (non-hydrogen) atoms. The van der Waals surface area contributed by atoms with E-state index in [9.17, 15) is 9.90 Å². The molecule has 0 aliphatic carbocycles. The van der Waals surface area contributed by atoms with Crippen LogP contribution in [0.25, 0.3) is 10.8 Å². The molecule has 0 aliphatic rings. The largest absolute Gasteiger partial charge is 0.478 e. The molecular weight excluding hydrogens is 312 g/mol. The number of fused-ring (bicyclic) bond motifs is 1. The Labute approximate surface area is 139 Å². The van der Waals surface area contributed by atoms with Crippen molar-refractivity contribution >= 4 is 28.3 Å². The van der Waals surface area contributed by atoms with Crippen LogP contribution in [0.3, 0.4) is 0 Å². The van der Waals surface area contributed by atoms with Crippen LogP contribution in [0.4, 0.5) is 0 Å². The fourth-order valence-electron chi connectivity index (χ4n) is 2.55. The Kier molecular flexibility index (Phi) is 4.49. The summed E-state index contributed by atoms with van der Waals surface area (Å²) in [6, 6.07) is 20.5. The maximum atomic E-state index is 11.6. The van der Waals surface area contributed by atoms with Gasteiger partial charge in [-0.05, 0) is 34.5 Å². The van der Waals surface area contributed by atoms with Crippen LogP contribution in [-0.2, 0) is 11.2 Å². The molecule has 0 bridgehead atoms. The van der Waals surface area contributed by atoms with Crippen molar-refractivity contribution in [3.63, 3.8) is 0 Å². The van der Waals surface area contributed by atoms with Gasteiger partial charge in [-0.25, -0.2) is 4.79 Å². The molecule has 0 aromatic heterocycles. The summed E-state index contributed by atoms with van der Waals surface area (Å²) in [4.78, 5) is 11.6. The summed E-state index contributed by atoms with van der Waals surface area (Å²) in [5, 5.41) is 12.1. The zero-order chi connectivity index (χ0) is 16.2. The standard InChI is InChI=1S/C19H15ClO3/c20-15-8-4-9-16(12-15)23-18(19(21)22)11-14-7-3-6-13-5-1-2-10-17(13)14/h1-10,12,18H,11H2,(H,21,22)/t18-/m1/s1. The van der Waals surface area contributed by atoms with E-state index in [-0.39, 0.29) is 6.42 Å². The zero-order valence-corrected chi connectivity index (χ0v) is 13.0. The molecule has 0 saturated carbocycles. The van der Waals surface area contributed by atoms with E-state index < -0.39 is 12.1 Å². The van der Waals surface area contributed by atoms with Gasteiger partial charge in [0.2, 0.25) is 0 Å². The van der Waals surface area contributed by atoms with Crippen molar-refractivity contribution in [1.29, 1.82) is 0 Å². The highest BCUT2D eigenvalue weighted by atomic mass is 35.5. The average molecular weight is 327 g/mol. The van der Waals surface area contributed by atoms with Crippen LogP contribution in [0.5, 0.6) is 5.75 Å². The molecule has 1 N–H and O–H groups in total. The first-order chi connectivity index (χ1) is 11.1. The molecule has 3 aromatic rings. The van der Waals surface area contributed by atoms with Crippen molar-refractivity contribution in [1.82, 2.24) is 0 Å². The maximum absolute atomic E-state index is 11.6. The normalized spacial score (nSPS) is 12.0. The van der Waals surface area contributed by atoms with Crippen LogP contribution in [0.2, 0.25) is 5.02 Å². The minimum atomic E-state index is -1.00. The number of benzene rings is 3. The van der Waals surface area contributed by atoms with E-state index >= 15 is 0 Å². The lowest BCUT2D eigenvalue weighted by atomic mass is 10.00. The maximum Gasteiger partial charge on any atom is 0.345 e. The molecule has 0 unspecified atom stereocenters.